The molecule has 2 aliphatic rings. The number of benzene rings is 1. The molecule has 100 valence electrons. The number of nitriles is 1. The number of likely N-dealkylation sites (tertiary alicyclic amines) is 1. The highest BCUT2D eigenvalue weighted by molar-refractivity contribution is 5.45. The van der Waals surface area contributed by atoms with Crippen LogP contribution in [0.1, 0.15) is 30.4 Å². The van der Waals surface area contributed by atoms with E-state index in [1.807, 2.05) is 12.1 Å². The Labute approximate surface area is 114 Å². The summed E-state index contributed by atoms with van der Waals surface area (Å²) in [6.45, 7) is 3.47. The Morgan fingerprint density at radius 2 is 2.05 bits per heavy atom. The molecule has 2 atom stereocenters. The maximum Gasteiger partial charge on any atom is 0.136 e. The van der Waals surface area contributed by atoms with E-state index in [0.29, 0.717) is 11.3 Å². The highest BCUT2D eigenvalue weighted by Gasteiger charge is 2.35. The molecule has 1 aliphatic heterocycles. The third-order valence-electron chi connectivity index (χ3n) is 4.59. The van der Waals surface area contributed by atoms with Gasteiger partial charge < -0.3 is 4.74 Å². The third-order valence-corrected chi connectivity index (χ3v) is 4.59. The van der Waals surface area contributed by atoms with Gasteiger partial charge in [0.15, 0.2) is 0 Å². The van der Waals surface area contributed by atoms with Gasteiger partial charge in [-0.25, -0.2) is 0 Å². The van der Waals surface area contributed by atoms with Crippen molar-refractivity contribution in [1.29, 1.82) is 5.26 Å². The van der Waals surface area contributed by atoms with Gasteiger partial charge in [-0.3, -0.25) is 4.90 Å². The molecule has 3 nitrogen and oxygen atoms in total. The fraction of sp³-hybridized carbons (Fsp3) is 0.562. The van der Waals surface area contributed by atoms with Crippen LogP contribution in [0.25, 0.3) is 0 Å². The maximum absolute atomic E-state index is 8.99. The molecule has 1 aliphatic carbocycles. The maximum atomic E-state index is 8.99. The first kappa shape index (κ1) is 12.5. The van der Waals surface area contributed by atoms with Gasteiger partial charge >= 0.3 is 0 Å². The smallest absolute Gasteiger partial charge is 0.136 e. The van der Waals surface area contributed by atoms with Gasteiger partial charge in [-0.2, -0.15) is 5.26 Å². The minimum Gasteiger partial charge on any atom is -0.495 e. The van der Waals surface area contributed by atoms with Crippen molar-refractivity contribution in [2.24, 2.45) is 11.8 Å². The van der Waals surface area contributed by atoms with E-state index >= 15 is 0 Å². The second-order valence-electron chi connectivity index (χ2n) is 5.79. The van der Waals surface area contributed by atoms with Crippen LogP contribution in [0.2, 0.25) is 0 Å². The van der Waals surface area contributed by atoms with E-state index in [1.165, 1.54) is 37.9 Å². The topological polar surface area (TPSA) is 36.3 Å². The molecule has 2 fully saturated rings. The summed E-state index contributed by atoms with van der Waals surface area (Å²) >= 11 is 0. The highest BCUT2D eigenvalue weighted by atomic mass is 16.5. The van der Waals surface area contributed by atoms with Gasteiger partial charge in [0.25, 0.3) is 0 Å². The molecule has 3 heteroatoms. The minimum atomic E-state index is 0.615. The van der Waals surface area contributed by atoms with Crippen LogP contribution in [0.3, 0.4) is 0 Å². The quantitative estimate of drug-likeness (QED) is 0.834. The van der Waals surface area contributed by atoms with Crippen LogP contribution < -0.4 is 4.74 Å². The van der Waals surface area contributed by atoms with Gasteiger partial charge in [0.1, 0.15) is 11.8 Å². The molecule has 1 heterocycles. The molecular weight excluding hydrogens is 236 g/mol. The van der Waals surface area contributed by atoms with Crippen LogP contribution in [-0.2, 0) is 6.54 Å². The summed E-state index contributed by atoms with van der Waals surface area (Å²) < 4.78 is 5.27. The first-order chi connectivity index (χ1) is 9.30. The average molecular weight is 256 g/mol. The largest absolute Gasteiger partial charge is 0.495 e. The van der Waals surface area contributed by atoms with Crippen molar-refractivity contribution in [2.45, 2.75) is 25.8 Å². The van der Waals surface area contributed by atoms with E-state index in [9.17, 15) is 0 Å². The fourth-order valence-electron chi connectivity index (χ4n) is 3.65. The Morgan fingerprint density at radius 3 is 2.68 bits per heavy atom. The summed E-state index contributed by atoms with van der Waals surface area (Å²) in [6, 6.07) is 8.08. The molecule has 1 saturated carbocycles. The first-order valence-electron chi connectivity index (χ1n) is 7.09. The summed E-state index contributed by atoms with van der Waals surface area (Å²) in [5.41, 5.74) is 1.86. The zero-order valence-corrected chi connectivity index (χ0v) is 11.4. The zero-order chi connectivity index (χ0) is 13.2. The highest BCUT2D eigenvalue weighted by Crippen LogP contribution is 2.38. The van der Waals surface area contributed by atoms with Crippen LogP contribution in [0.4, 0.5) is 0 Å². The Morgan fingerprint density at radius 1 is 1.32 bits per heavy atom. The van der Waals surface area contributed by atoms with Crippen molar-refractivity contribution in [2.75, 3.05) is 20.2 Å². The van der Waals surface area contributed by atoms with Crippen molar-refractivity contribution < 1.29 is 4.74 Å². The lowest BCUT2D eigenvalue weighted by atomic mass is 10.0. The van der Waals surface area contributed by atoms with Crippen LogP contribution >= 0.6 is 0 Å². The number of methoxy groups -OCH3 is 1. The monoisotopic (exact) mass is 256 g/mol. The van der Waals surface area contributed by atoms with Gasteiger partial charge in [0, 0.05) is 19.6 Å². The predicted octanol–water partition coefficient (Wildman–Crippen LogP) is 2.80. The molecule has 19 heavy (non-hydrogen) atoms. The fourth-order valence-corrected chi connectivity index (χ4v) is 3.65. The number of nitrogens with zero attached hydrogens (tertiary/aromatic N) is 2. The summed E-state index contributed by atoms with van der Waals surface area (Å²) in [6.07, 6.45) is 4.25. The number of rotatable bonds is 3. The molecule has 3 rings (SSSR count). The van der Waals surface area contributed by atoms with Crippen LogP contribution in [0.5, 0.6) is 5.75 Å². The van der Waals surface area contributed by atoms with Gasteiger partial charge in [-0.1, -0.05) is 12.5 Å². The number of hydrogen-bond acceptors (Lipinski definition) is 3. The van der Waals surface area contributed by atoms with Crippen LogP contribution in [0, 0.1) is 23.2 Å². The Balaban J connectivity index is 1.69. The van der Waals surface area contributed by atoms with E-state index in [4.69, 9.17) is 10.00 Å². The second-order valence-corrected chi connectivity index (χ2v) is 5.79. The lowest BCUT2D eigenvalue weighted by Gasteiger charge is -2.17. The van der Waals surface area contributed by atoms with Crippen molar-refractivity contribution in [3.05, 3.63) is 29.3 Å². The third kappa shape index (κ3) is 2.46. The summed E-state index contributed by atoms with van der Waals surface area (Å²) in [5, 5.41) is 8.99. The van der Waals surface area contributed by atoms with E-state index in [0.717, 1.165) is 18.4 Å². The predicted molar refractivity (Wildman–Crippen MR) is 73.8 cm³/mol. The second kappa shape index (κ2) is 5.22. The lowest BCUT2D eigenvalue weighted by Crippen LogP contribution is -2.21. The van der Waals surface area contributed by atoms with Gasteiger partial charge in [0.05, 0.1) is 12.7 Å². The van der Waals surface area contributed by atoms with Crippen molar-refractivity contribution >= 4 is 0 Å². The van der Waals surface area contributed by atoms with Crippen LogP contribution in [0.15, 0.2) is 18.2 Å². The molecule has 2 unspecified atom stereocenters. The van der Waals surface area contributed by atoms with E-state index in [-0.39, 0.29) is 0 Å². The summed E-state index contributed by atoms with van der Waals surface area (Å²) in [5.74, 6) is 2.56. The van der Waals surface area contributed by atoms with Gasteiger partial charge in [-0.15, -0.1) is 0 Å². The number of hydrogen-bond donors (Lipinski definition) is 0. The zero-order valence-electron chi connectivity index (χ0n) is 11.4. The van der Waals surface area contributed by atoms with Crippen molar-refractivity contribution in [3.63, 3.8) is 0 Å². The number of fused-ring (bicyclic) bond motifs is 1. The molecular formula is C16H20N2O. The van der Waals surface area contributed by atoms with Gasteiger partial charge in [-0.05, 0) is 42.4 Å². The SMILES string of the molecule is COc1cc(CN2CC3CCCC3C2)ccc1C#N. The molecule has 0 N–H and O–H groups in total. The molecule has 1 aromatic rings. The molecule has 0 aromatic heterocycles. The minimum absolute atomic E-state index is 0.615. The van der Waals surface area contributed by atoms with E-state index in [2.05, 4.69) is 17.0 Å². The molecule has 0 radical (unpaired) electrons. The molecule has 1 aromatic carbocycles. The number of ether oxygens (including phenoxy) is 1. The Hall–Kier alpha value is -1.53. The van der Waals surface area contributed by atoms with Crippen LogP contribution in [-0.4, -0.2) is 25.1 Å². The summed E-state index contributed by atoms with van der Waals surface area (Å²) in [7, 11) is 1.63. The van der Waals surface area contributed by atoms with Gasteiger partial charge in [0.2, 0.25) is 0 Å². The normalized spacial score (nSPS) is 26.1. The van der Waals surface area contributed by atoms with Crippen molar-refractivity contribution in [3.8, 4) is 11.8 Å². The standard InChI is InChI=1S/C16H20N2O/c1-19-16-7-12(5-6-13(16)8-17)9-18-10-14-3-2-4-15(14)11-18/h5-7,14-15H,2-4,9-11H2,1H3. The van der Waals surface area contributed by atoms with Crippen molar-refractivity contribution in [1.82, 2.24) is 4.90 Å². The Kier molecular flexibility index (Phi) is 3.44. The molecule has 0 bridgehead atoms. The molecule has 0 spiro atoms. The first-order valence-corrected chi connectivity index (χ1v) is 7.09. The lowest BCUT2D eigenvalue weighted by molar-refractivity contribution is 0.303. The van der Waals surface area contributed by atoms with E-state index in [1.54, 1.807) is 7.11 Å². The summed E-state index contributed by atoms with van der Waals surface area (Å²) in [4.78, 5) is 2.55. The molecule has 1 saturated heterocycles. The Bertz CT molecular complexity index is 494. The average Bonchev–Trinajstić information content (AvgIpc) is 2.99. The molecule has 0 amide bonds. The van der Waals surface area contributed by atoms with E-state index < -0.39 is 0 Å².